The van der Waals surface area contributed by atoms with Gasteiger partial charge in [-0.3, -0.25) is 0 Å². The first-order chi connectivity index (χ1) is 15.7. The van der Waals surface area contributed by atoms with Gasteiger partial charge in [0.1, 0.15) is 5.75 Å². The standard InChI is InChI=1S/C29H26N2O/c1-19(2)20-11-14-22(15-12-20)29-31-27(25-9-5-6-10-28(25)32-29)18-26(30-31)24-16-13-21-7-3-4-8-23(21)17-24/h3-17,19,27,29H,18H2,1-2H3/t27-,29-/m1/s1. The van der Waals surface area contributed by atoms with E-state index in [0.717, 1.165) is 23.4 Å². The number of benzene rings is 4. The van der Waals surface area contributed by atoms with E-state index in [9.17, 15) is 0 Å². The zero-order valence-corrected chi connectivity index (χ0v) is 18.4. The fourth-order valence-corrected chi connectivity index (χ4v) is 4.84. The maximum atomic E-state index is 6.51. The van der Waals surface area contributed by atoms with Crippen LogP contribution in [0.15, 0.2) is 96.1 Å². The third-order valence-corrected chi connectivity index (χ3v) is 6.67. The van der Waals surface area contributed by atoms with Crippen molar-refractivity contribution in [2.75, 3.05) is 0 Å². The Morgan fingerprint density at radius 2 is 1.59 bits per heavy atom. The minimum absolute atomic E-state index is 0.177. The van der Waals surface area contributed by atoms with Gasteiger partial charge >= 0.3 is 0 Å². The highest BCUT2D eigenvalue weighted by Gasteiger charge is 2.40. The lowest BCUT2D eigenvalue weighted by Crippen LogP contribution is -2.33. The van der Waals surface area contributed by atoms with Crippen LogP contribution in [0, 0.1) is 0 Å². The van der Waals surface area contributed by atoms with Crippen LogP contribution in [-0.2, 0) is 0 Å². The Kier molecular flexibility index (Phi) is 4.50. The molecule has 0 radical (unpaired) electrons. The Morgan fingerprint density at radius 3 is 2.41 bits per heavy atom. The Labute approximate surface area is 189 Å². The summed E-state index contributed by atoms with van der Waals surface area (Å²) in [6.07, 6.45) is 0.647. The van der Waals surface area contributed by atoms with Crippen LogP contribution in [0.25, 0.3) is 10.8 Å². The molecule has 0 N–H and O–H groups in total. The van der Waals surface area contributed by atoms with E-state index in [1.165, 1.54) is 27.5 Å². The van der Waals surface area contributed by atoms with Crippen LogP contribution >= 0.6 is 0 Å². The van der Waals surface area contributed by atoms with Crippen molar-refractivity contribution in [3.05, 3.63) is 113 Å². The average molecular weight is 419 g/mol. The Morgan fingerprint density at radius 1 is 0.844 bits per heavy atom. The van der Waals surface area contributed by atoms with E-state index in [1.54, 1.807) is 0 Å². The molecule has 3 heteroatoms. The molecule has 0 aromatic heterocycles. The monoisotopic (exact) mass is 418 g/mol. The molecule has 6 rings (SSSR count). The van der Waals surface area contributed by atoms with E-state index in [0.29, 0.717) is 5.92 Å². The summed E-state index contributed by atoms with van der Waals surface area (Å²) in [4.78, 5) is 0. The van der Waals surface area contributed by atoms with Gasteiger partial charge in [-0.2, -0.15) is 5.10 Å². The van der Waals surface area contributed by atoms with Gasteiger partial charge in [0.05, 0.1) is 11.8 Å². The van der Waals surface area contributed by atoms with E-state index in [4.69, 9.17) is 9.84 Å². The molecule has 0 saturated carbocycles. The van der Waals surface area contributed by atoms with Gasteiger partial charge in [0.2, 0.25) is 6.23 Å². The normalized spacial score (nSPS) is 19.5. The first-order valence-electron chi connectivity index (χ1n) is 11.4. The molecule has 3 nitrogen and oxygen atoms in total. The third kappa shape index (κ3) is 3.16. The fourth-order valence-electron chi connectivity index (χ4n) is 4.84. The second kappa shape index (κ2) is 7.52. The maximum Gasteiger partial charge on any atom is 0.213 e. The molecule has 2 heterocycles. The van der Waals surface area contributed by atoms with Crippen LogP contribution in [0.1, 0.15) is 60.7 Å². The number of nitrogens with zero attached hydrogens (tertiary/aromatic N) is 2. The number of ether oxygens (including phenoxy) is 1. The van der Waals surface area contributed by atoms with Gasteiger partial charge in [-0.15, -0.1) is 0 Å². The van der Waals surface area contributed by atoms with E-state index in [-0.39, 0.29) is 12.3 Å². The molecular weight excluding hydrogens is 392 g/mol. The van der Waals surface area contributed by atoms with E-state index >= 15 is 0 Å². The molecule has 2 atom stereocenters. The largest absolute Gasteiger partial charge is 0.464 e. The van der Waals surface area contributed by atoms with E-state index in [1.807, 2.05) is 6.07 Å². The minimum Gasteiger partial charge on any atom is -0.464 e. The van der Waals surface area contributed by atoms with Gasteiger partial charge in [-0.1, -0.05) is 92.7 Å². The van der Waals surface area contributed by atoms with E-state index in [2.05, 4.69) is 104 Å². The van der Waals surface area contributed by atoms with Gasteiger partial charge in [0.25, 0.3) is 0 Å². The smallest absolute Gasteiger partial charge is 0.213 e. The summed E-state index contributed by atoms with van der Waals surface area (Å²) in [7, 11) is 0. The zero-order chi connectivity index (χ0) is 21.7. The predicted molar refractivity (Wildman–Crippen MR) is 130 cm³/mol. The van der Waals surface area contributed by atoms with Crippen LogP contribution in [0.5, 0.6) is 5.75 Å². The van der Waals surface area contributed by atoms with Crippen LogP contribution in [-0.4, -0.2) is 10.7 Å². The highest BCUT2D eigenvalue weighted by atomic mass is 16.5. The SMILES string of the molecule is CC(C)c1ccc([C@H]2Oc3ccccc3[C@H]3CC(c4ccc5ccccc5c4)=NN32)cc1. The van der Waals surface area contributed by atoms with Crippen LogP contribution < -0.4 is 4.74 Å². The second-order valence-electron chi connectivity index (χ2n) is 9.04. The highest BCUT2D eigenvalue weighted by molar-refractivity contribution is 6.04. The lowest BCUT2D eigenvalue weighted by Gasteiger charge is -2.38. The summed E-state index contributed by atoms with van der Waals surface area (Å²) in [6.45, 7) is 4.44. The molecule has 2 aliphatic heterocycles. The van der Waals surface area contributed by atoms with Gasteiger partial charge in [-0.05, 0) is 39.9 Å². The number of fused-ring (bicyclic) bond motifs is 4. The summed E-state index contributed by atoms with van der Waals surface area (Å²) in [6, 6.07) is 32.5. The van der Waals surface area contributed by atoms with Gasteiger partial charge < -0.3 is 4.74 Å². The summed E-state index contributed by atoms with van der Waals surface area (Å²) in [5.74, 6) is 1.47. The fraction of sp³-hybridized carbons (Fsp3) is 0.207. The Hall–Kier alpha value is -3.59. The zero-order valence-electron chi connectivity index (χ0n) is 18.4. The van der Waals surface area contributed by atoms with Gasteiger partial charge in [-0.25, -0.2) is 5.01 Å². The van der Waals surface area contributed by atoms with Crippen molar-refractivity contribution in [3.63, 3.8) is 0 Å². The van der Waals surface area contributed by atoms with Crippen molar-refractivity contribution in [3.8, 4) is 5.75 Å². The molecular formula is C29H26N2O. The lowest BCUT2D eigenvalue weighted by atomic mass is 9.94. The summed E-state index contributed by atoms with van der Waals surface area (Å²) in [5.41, 5.74) is 5.98. The van der Waals surface area contributed by atoms with Crippen LogP contribution in [0.3, 0.4) is 0 Å². The first kappa shape index (κ1) is 19.1. The number of hydrogen-bond donors (Lipinski definition) is 0. The molecule has 0 aliphatic carbocycles. The molecule has 158 valence electrons. The number of hydrazone groups is 1. The molecule has 0 spiro atoms. The molecule has 0 bridgehead atoms. The van der Waals surface area contributed by atoms with Crippen molar-refractivity contribution < 1.29 is 4.74 Å². The van der Waals surface area contributed by atoms with Crippen molar-refractivity contribution in [1.29, 1.82) is 0 Å². The molecule has 4 aromatic carbocycles. The Balaban J connectivity index is 1.42. The molecule has 4 aromatic rings. The van der Waals surface area contributed by atoms with Gasteiger partial charge in [0, 0.05) is 17.5 Å². The molecule has 0 fully saturated rings. The third-order valence-electron chi connectivity index (χ3n) is 6.67. The van der Waals surface area contributed by atoms with E-state index < -0.39 is 0 Å². The number of rotatable bonds is 3. The van der Waals surface area contributed by atoms with Crippen molar-refractivity contribution in [1.82, 2.24) is 5.01 Å². The van der Waals surface area contributed by atoms with Crippen molar-refractivity contribution >= 4 is 16.5 Å². The maximum absolute atomic E-state index is 6.51. The predicted octanol–water partition coefficient (Wildman–Crippen LogP) is 7.21. The summed E-state index contributed by atoms with van der Waals surface area (Å²) >= 11 is 0. The summed E-state index contributed by atoms with van der Waals surface area (Å²) < 4.78 is 6.51. The average Bonchev–Trinajstić information content (AvgIpc) is 3.29. The lowest BCUT2D eigenvalue weighted by molar-refractivity contribution is -0.0190. The summed E-state index contributed by atoms with van der Waals surface area (Å²) in [5, 5.41) is 9.79. The second-order valence-corrected chi connectivity index (χ2v) is 9.04. The molecule has 32 heavy (non-hydrogen) atoms. The van der Waals surface area contributed by atoms with Gasteiger partial charge in [0.15, 0.2) is 0 Å². The molecule has 0 unspecified atom stereocenters. The molecule has 2 aliphatic rings. The minimum atomic E-state index is -0.228. The van der Waals surface area contributed by atoms with Crippen LogP contribution in [0.2, 0.25) is 0 Å². The van der Waals surface area contributed by atoms with Crippen molar-refractivity contribution in [2.24, 2.45) is 5.10 Å². The molecule has 0 saturated heterocycles. The number of hydrogen-bond acceptors (Lipinski definition) is 3. The first-order valence-corrected chi connectivity index (χ1v) is 11.4. The van der Waals surface area contributed by atoms with Crippen molar-refractivity contribution in [2.45, 2.75) is 38.5 Å². The molecule has 0 amide bonds. The van der Waals surface area contributed by atoms with Crippen LogP contribution in [0.4, 0.5) is 0 Å². The Bertz CT molecular complexity index is 1320. The number of para-hydroxylation sites is 1. The topological polar surface area (TPSA) is 24.8 Å². The highest BCUT2D eigenvalue weighted by Crippen LogP contribution is 2.47. The quantitative estimate of drug-likeness (QED) is 0.351.